The molecule has 0 spiro atoms. The van der Waals surface area contributed by atoms with Crippen LogP contribution in [0.2, 0.25) is 0 Å². The normalized spacial score (nSPS) is 12.1. The molecule has 1 atom stereocenters. The molecular weight excluding hydrogens is 454 g/mol. The summed E-state index contributed by atoms with van der Waals surface area (Å²) in [7, 11) is 0. The third-order valence-electron chi connectivity index (χ3n) is 6.62. The monoisotopic (exact) mass is 493 g/mol. The van der Waals surface area contributed by atoms with Crippen molar-refractivity contribution in [2.45, 2.75) is 48.0 Å². The Labute approximate surface area is 221 Å². The van der Waals surface area contributed by atoms with Crippen LogP contribution < -0.4 is 5.32 Å². The van der Waals surface area contributed by atoms with E-state index in [4.69, 9.17) is 4.98 Å². The van der Waals surface area contributed by atoms with Gasteiger partial charge in [-0.3, -0.25) is 4.98 Å². The highest BCUT2D eigenvalue weighted by Gasteiger charge is 2.13. The Balaban J connectivity index is 0.000000275. The molecule has 1 unspecified atom stereocenters. The van der Waals surface area contributed by atoms with Crippen LogP contribution in [-0.2, 0) is 0 Å². The average Bonchev–Trinajstić information content (AvgIpc) is 3.32. The number of aromatic nitrogens is 4. The van der Waals surface area contributed by atoms with Crippen molar-refractivity contribution in [1.82, 2.24) is 24.9 Å². The van der Waals surface area contributed by atoms with Crippen LogP contribution in [0.4, 0.5) is 0 Å². The summed E-state index contributed by atoms with van der Waals surface area (Å²) in [5.74, 6) is 1.61. The van der Waals surface area contributed by atoms with E-state index in [1.165, 1.54) is 18.5 Å². The molecule has 0 aliphatic carbocycles. The largest absolute Gasteiger partial charge is 0.316 e. The summed E-state index contributed by atoms with van der Waals surface area (Å²) in [5.41, 5.74) is 8.39. The maximum absolute atomic E-state index is 4.73. The summed E-state index contributed by atoms with van der Waals surface area (Å²) in [5, 5.41) is 9.12. The summed E-state index contributed by atoms with van der Waals surface area (Å²) in [4.78, 5) is 9.37. The number of hydrogen-bond donors (Lipinski definition) is 1. The molecule has 0 bridgehead atoms. The second-order valence-electron chi connectivity index (χ2n) is 10.4. The first-order valence-corrected chi connectivity index (χ1v) is 13.3. The third kappa shape index (κ3) is 6.60. The van der Waals surface area contributed by atoms with Gasteiger partial charge in [0, 0.05) is 34.6 Å². The summed E-state index contributed by atoms with van der Waals surface area (Å²) in [6, 6.07) is 18.7. The molecule has 0 amide bonds. The Bertz CT molecular complexity index is 1450. The zero-order valence-electron chi connectivity index (χ0n) is 23.0. The van der Waals surface area contributed by atoms with E-state index in [0.29, 0.717) is 0 Å². The van der Waals surface area contributed by atoms with Crippen molar-refractivity contribution in [3.8, 4) is 22.3 Å². The van der Waals surface area contributed by atoms with E-state index in [-0.39, 0.29) is 0 Å². The fraction of sp³-hybridized carbons (Fsp3) is 0.344. The van der Waals surface area contributed by atoms with Gasteiger partial charge in [-0.05, 0) is 62.0 Å². The number of pyridine rings is 1. The Hall–Kier alpha value is -3.57. The van der Waals surface area contributed by atoms with Crippen molar-refractivity contribution in [3.63, 3.8) is 0 Å². The zero-order valence-corrected chi connectivity index (χ0v) is 23.0. The first-order valence-electron chi connectivity index (χ1n) is 13.3. The molecule has 37 heavy (non-hydrogen) atoms. The van der Waals surface area contributed by atoms with Crippen molar-refractivity contribution < 1.29 is 0 Å². The molecule has 1 N–H and O–H groups in total. The highest BCUT2D eigenvalue weighted by Crippen LogP contribution is 2.31. The quantitative estimate of drug-likeness (QED) is 0.255. The van der Waals surface area contributed by atoms with Crippen LogP contribution in [0, 0.1) is 25.7 Å². The minimum atomic E-state index is 0.782. The fourth-order valence-corrected chi connectivity index (χ4v) is 4.25. The molecule has 0 saturated carbocycles. The second-order valence-corrected chi connectivity index (χ2v) is 10.4. The molecule has 5 rings (SSSR count). The molecule has 0 saturated heterocycles. The Kier molecular flexibility index (Phi) is 8.67. The van der Waals surface area contributed by atoms with E-state index in [2.05, 4.69) is 86.4 Å². The first kappa shape index (κ1) is 26.5. The highest BCUT2D eigenvalue weighted by atomic mass is 15.2. The predicted octanol–water partition coefficient (Wildman–Crippen LogP) is 7.51. The predicted molar refractivity (Wildman–Crippen MR) is 156 cm³/mol. The number of hydrogen-bond acceptors (Lipinski definition) is 4. The molecule has 5 aromatic rings. The number of benzene rings is 2. The Morgan fingerprint density at radius 3 is 2.35 bits per heavy atom. The van der Waals surface area contributed by atoms with Crippen LogP contribution in [0.15, 0.2) is 73.2 Å². The molecule has 2 aromatic carbocycles. The number of nitrogens with one attached hydrogen (secondary N) is 1. The Morgan fingerprint density at radius 1 is 0.865 bits per heavy atom. The molecular formula is C32H39N5. The van der Waals surface area contributed by atoms with Gasteiger partial charge in [-0.25, -0.2) is 9.50 Å². The smallest absolute Gasteiger partial charge is 0.162 e. The van der Waals surface area contributed by atoms with Gasteiger partial charge < -0.3 is 5.32 Å². The van der Waals surface area contributed by atoms with Crippen molar-refractivity contribution in [2.24, 2.45) is 11.8 Å². The SMILES string of the molecule is CCC(C)CNCC(C)C.Cc1ccc(-c2cnc3c(-c4cc(C)nc5ccccc45)cnn3c2)cc1. The lowest BCUT2D eigenvalue weighted by Gasteiger charge is -2.11. The minimum absolute atomic E-state index is 0.782. The lowest BCUT2D eigenvalue weighted by molar-refractivity contribution is 0.466. The van der Waals surface area contributed by atoms with Gasteiger partial charge in [0.15, 0.2) is 5.65 Å². The van der Waals surface area contributed by atoms with Crippen molar-refractivity contribution >= 4 is 16.6 Å². The summed E-state index contributed by atoms with van der Waals surface area (Å²) < 4.78 is 1.86. The number of rotatable bonds is 7. The lowest BCUT2D eigenvalue weighted by atomic mass is 10.0. The molecule has 5 heteroatoms. The third-order valence-corrected chi connectivity index (χ3v) is 6.62. The van der Waals surface area contributed by atoms with Crippen LogP contribution in [0.3, 0.4) is 0 Å². The molecule has 0 radical (unpaired) electrons. The number of fused-ring (bicyclic) bond motifs is 2. The maximum Gasteiger partial charge on any atom is 0.162 e. The van der Waals surface area contributed by atoms with E-state index < -0.39 is 0 Å². The number of para-hydroxylation sites is 1. The summed E-state index contributed by atoms with van der Waals surface area (Å²) >= 11 is 0. The molecule has 0 aliphatic rings. The van der Waals surface area contributed by atoms with Crippen LogP contribution >= 0.6 is 0 Å². The molecule has 3 heterocycles. The van der Waals surface area contributed by atoms with E-state index in [1.54, 1.807) is 0 Å². The van der Waals surface area contributed by atoms with Gasteiger partial charge in [0.05, 0.1) is 11.7 Å². The van der Waals surface area contributed by atoms with E-state index in [0.717, 1.165) is 62.9 Å². The van der Waals surface area contributed by atoms with Gasteiger partial charge in [0.1, 0.15) is 0 Å². The summed E-state index contributed by atoms with van der Waals surface area (Å²) in [6.45, 7) is 15.4. The highest BCUT2D eigenvalue weighted by molar-refractivity contribution is 5.98. The molecule has 0 aliphatic heterocycles. The lowest BCUT2D eigenvalue weighted by Crippen LogP contribution is -2.24. The van der Waals surface area contributed by atoms with Gasteiger partial charge in [0.2, 0.25) is 0 Å². The van der Waals surface area contributed by atoms with E-state index in [1.807, 2.05) is 48.2 Å². The van der Waals surface area contributed by atoms with E-state index >= 15 is 0 Å². The van der Waals surface area contributed by atoms with Crippen LogP contribution in [0.25, 0.3) is 38.8 Å². The first-order chi connectivity index (χ1) is 17.9. The van der Waals surface area contributed by atoms with Crippen LogP contribution in [0.5, 0.6) is 0 Å². The zero-order chi connectivity index (χ0) is 26.4. The van der Waals surface area contributed by atoms with Gasteiger partial charge in [-0.1, -0.05) is 82.1 Å². The second kappa shape index (κ2) is 12.1. The van der Waals surface area contributed by atoms with Gasteiger partial charge in [-0.15, -0.1) is 0 Å². The van der Waals surface area contributed by atoms with Crippen LogP contribution in [0.1, 0.15) is 45.4 Å². The molecule has 192 valence electrons. The molecule has 3 aromatic heterocycles. The summed E-state index contributed by atoms with van der Waals surface area (Å²) in [6.07, 6.45) is 7.13. The van der Waals surface area contributed by atoms with Gasteiger partial charge in [0.25, 0.3) is 0 Å². The molecule has 0 fully saturated rings. The van der Waals surface area contributed by atoms with Crippen LogP contribution in [-0.4, -0.2) is 32.7 Å². The standard InChI is InChI=1S/C23H18N4.C9H21N/c1-15-7-9-17(10-8-15)18-12-24-23-21(13-25-27(23)14-18)20-11-16(2)26-22-6-4-3-5-19(20)22;1-5-9(4)7-10-6-8(2)3/h3-14H,1-2H3;8-10H,5-7H2,1-4H3. The molecule has 5 nitrogen and oxygen atoms in total. The fourth-order valence-electron chi connectivity index (χ4n) is 4.25. The Morgan fingerprint density at radius 2 is 1.62 bits per heavy atom. The van der Waals surface area contributed by atoms with E-state index in [9.17, 15) is 0 Å². The van der Waals surface area contributed by atoms with Crippen molar-refractivity contribution in [3.05, 3.63) is 84.4 Å². The van der Waals surface area contributed by atoms with Crippen molar-refractivity contribution in [2.75, 3.05) is 13.1 Å². The topological polar surface area (TPSA) is 55.1 Å². The van der Waals surface area contributed by atoms with Gasteiger partial charge in [-0.2, -0.15) is 5.10 Å². The number of nitrogens with zero attached hydrogens (tertiary/aromatic N) is 4. The minimum Gasteiger partial charge on any atom is -0.316 e. The maximum atomic E-state index is 4.73. The number of aryl methyl sites for hydroxylation is 2. The average molecular weight is 494 g/mol. The van der Waals surface area contributed by atoms with Gasteiger partial charge >= 0.3 is 0 Å². The van der Waals surface area contributed by atoms with Crippen molar-refractivity contribution in [1.29, 1.82) is 0 Å².